The number of carbonyl (C=O) groups is 1. The Kier molecular flexibility index (Phi) is 14.3. The first-order valence-corrected chi connectivity index (χ1v) is 22.5. The number of fused-ring (bicyclic) bond motifs is 2. The smallest absolute Gasteiger partial charge is 0.303 e. The quantitative estimate of drug-likeness (QED) is 0.0727. The predicted octanol–water partition coefficient (Wildman–Crippen LogP) is 5.14. The fourth-order valence-corrected chi connectivity index (χ4v) is 9.10. The van der Waals surface area contributed by atoms with Crippen molar-refractivity contribution >= 4 is 53.4 Å². The van der Waals surface area contributed by atoms with Crippen molar-refractivity contribution in [2.24, 2.45) is 0 Å². The number of carboxylic acids is 1. The first-order chi connectivity index (χ1) is 25.7. The third-order valence-corrected chi connectivity index (χ3v) is 12.9. The zero-order valence-corrected chi connectivity index (χ0v) is 33.9. The zero-order valence-electron chi connectivity index (χ0n) is 31.5. The van der Waals surface area contributed by atoms with Crippen molar-refractivity contribution in [3.63, 3.8) is 0 Å². The molecule has 2 aromatic rings. The third kappa shape index (κ3) is 10.5. The van der Waals surface area contributed by atoms with Crippen LogP contribution in [0, 0.1) is 0 Å². The highest BCUT2D eigenvalue weighted by atomic mass is 32.2. The van der Waals surface area contributed by atoms with E-state index < -0.39 is 52.9 Å². The van der Waals surface area contributed by atoms with Crippen LogP contribution in [-0.2, 0) is 55.5 Å². The van der Waals surface area contributed by atoms with Gasteiger partial charge in [0.25, 0.3) is 30.4 Å². The second-order valence-electron chi connectivity index (χ2n) is 14.1. The molecule has 4 rings (SSSR count). The van der Waals surface area contributed by atoms with Gasteiger partial charge in [-0.15, -0.1) is 0 Å². The Labute approximate surface area is 323 Å². The van der Waals surface area contributed by atoms with Gasteiger partial charge in [-0.25, -0.2) is 0 Å². The maximum Gasteiger partial charge on any atom is 0.303 e. The zero-order chi connectivity index (χ0) is 40.8. The van der Waals surface area contributed by atoms with Gasteiger partial charge in [-0.05, 0) is 94.8 Å². The number of nitrogens with zero attached hydrogens (tertiary/aromatic N) is 2. The molecule has 0 fully saturated rings. The summed E-state index contributed by atoms with van der Waals surface area (Å²) < 4.78 is 115. The highest BCUT2D eigenvalue weighted by Crippen LogP contribution is 2.51. The van der Waals surface area contributed by atoms with E-state index in [1.165, 1.54) is 24.3 Å². The fourth-order valence-electron chi connectivity index (χ4n) is 7.57. The Morgan fingerprint density at radius 2 is 1.49 bits per heavy atom. The van der Waals surface area contributed by atoms with Crippen molar-refractivity contribution in [1.82, 2.24) is 0 Å². The largest absolute Gasteiger partial charge is 0.481 e. The minimum absolute atomic E-state index is 0.00390. The van der Waals surface area contributed by atoms with Gasteiger partial charge < -0.3 is 19.5 Å². The molecule has 2 unspecified atom stereocenters. The summed E-state index contributed by atoms with van der Waals surface area (Å²) in [7, 11) is -11.9. The molecule has 0 bridgehead atoms. The summed E-state index contributed by atoms with van der Waals surface area (Å²) in [4.78, 5) is 12.6. The monoisotopic (exact) mass is 827 g/mol. The SMILES string of the molecule is CCN1/C(=C/C=C/C2=[N+](CCCCCC(=O)O)c3ccc(S(=O)(=O)O)cc3C2(C)CCCS(=O)(=O)O)C(C)(CCOCCOC)c2cc(S(=O)(=O)O)ccc21. The molecule has 2 aromatic carbocycles. The minimum atomic E-state index is -4.61. The van der Waals surface area contributed by atoms with Gasteiger partial charge in [-0.2, -0.15) is 29.8 Å². The number of ether oxygens (including phenoxy) is 2. The molecule has 0 saturated heterocycles. The molecule has 2 atom stereocenters. The first kappa shape index (κ1) is 44.2. The van der Waals surface area contributed by atoms with Crippen LogP contribution in [0.15, 0.2) is 70.1 Å². The predicted molar refractivity (Wildman–Crippen MR) is 206 cm³/mol. The van der Waals surface area contributed by atoms with E-state index in [0.717, 1.165) is 11.4 Å². The number of allylic oxidation sites excluding steroid dienone is 4. The number of carboxylic acid groups (broad SMARTS) is 1. The summed E-state index contributed by atoms with van der Waals surface area (Å²) in [6.45, 7) is 7.71. The second kappa shape index (κ2) is 17.8. The highest BCUT2D eigenvalue weighted by Gasteiger charge is 2.48. The van der Waals surface area contributed by atoms with Crippen LogP contribution in [0.5, 0.6) is 0 Å². The van der Waals surface area contributed by atoms with E-state index in [1.54, 1.807) is 19.2 Å². The standard InChI is InChI=1S/C37H50N2O13S3/c1-5-38-31-16-14-27(54(45,46)47)25-29(31)37(3,19-21-52-23-22-51-4)33(38)11-9-12-34-36(2,18-10-24-53(42,43)44)30-26-28(55(48,49)50)15-17-32(30)39(34)20-8-6-7-13-35(40)41/h9,11-12,14-17,25-26H,5-8,10,13,18-24H2,1-4H3,(H3-,40,41,42,43,44,45,46,47,48,49,50)/p+1. The van der Waals surface area contributed by atoms with Crippen molar-refractivity contribution < 1.29 is 62.9 Å². The number of likely N-dealkylation sites (N-methyl/N-ethyl adjacent to an activating group) is 1. The summed E-state index contributed by atoms with van der Waals surface area (Å²) in [6.07, 6.45) is 7.80. The van der Waals surface area contributed by atoms with E-state index in [2.05, 4.69) is 0 Å². The molecule has 4 N–H and O–H groups in total. The van der Waals surface area contributed by atoms with E-state index in [-0.39, 0.29) is 29.1 Å². The van der Waals surface area contributed by atoms with Crippen LogP contribution in [0.2, 0.25) is 0 Å². The highest BCUT2D eigenvalue weighted by molar-refractivity contribution is 7.86. The number of methoxy groups -OCH3 is 1. The van der Waals surface area contributed by atoms with E-state index in [4.69, 9.17) is 14.6 Å². The summed E-state index contributed by atoms with van der Waals surface area (Å²) in [5, 5.41) is 9.13. The van der Waals surface area contributed by atoms with Gasteiger partial charge >= 0.3 is 5.97 Å². The molecule has 18 heteroatoms. The van der Waals surface area contributed by atoms with Gasteiger partial charge in [-0.1, -0.05) is 6.08 Å². The van der Waals surface area contributed by atoms with E-state index >= 15 is 0 Å². The molecular weight excluding hydrogens is 777 g/mol. The Morgan fingerprint density at radius 3 is 2.09 bits per heavy atom. The Balaban J connectivity index is 1.87. The number of unbranched alkanes of at least 4 members (excludes halogenated alkanes) is 2. The number of rotatable bonds is 21. The Hall–Kier alpha value is -3.49. The molecule has 2 aliphatic heterocycles. The molecule has 0 radical (unpaired) electrons. The third-order valence-electron chi connectivity index (χ3n) is 10.4. The summed E-state index contributed by atoms with van der Waals surface area (Å²) >= 11 is 0. The normalized spacial score (nSPS) is 20.9. The van der Waals surface area contributed by atoms with Gasteiger partial charge in [0.2, 0.25) is 5.69 Å². The van der Waals surface area contributed by atoms with Crippen molar-refractivity contribution in [3.05, 3.63) is 71.5 Å². The number of benzene rings is 2. The molecule has 0 aliphatic carbocycles. The molecule has 0 amide bonds. The van der Waals surface area contributed by atoms with E-state index in [9.17, 15) is 43.7 Å². The van der Waals surface area contributed by atoms with Crippen LogP contribution in [0.1, 0.15) is 76.8 Å². The van der Waals surface area contributed by atoms with Crippen molar-refractivity contribution in [2.75, 3.05) is 50.7 Å². The molecule has 304 valence electrons. The number of hydrogen-bond donors (Lipinski definition) is 4. The minimum Gasteiger partial charge on any atom is -0.481 e. The maximum absolute atomic E-state index is 12.3. The first-order valence-electron chi connectivity index (χ1n) is 18.0. The number of aliphatic carboxylic acids is 1. The number of hydrogen-bond acceptors (Lipinski definition) is 10. The van der Waals surface area contributed by atoms with Crippen LogP contribution in [0.4, 0.5) is 11.4 Å². The van der Waals surface area contributed by atoms with Gasteiger partial charge in [0.1, 0.15) is 6.54 Å². The Bertz CT molecular complexity index is 2180. The lowest BCUT2D eigenvalue weighted by Crippen LogP contribution is -2.32. The maximum atomic E-state index is 12.3. The lowest BCUT2D eigenvalue weighted by molar-refractivity contribution is -0.438. The molecule has 0 spiro atoms. The summed E-state index contributed by atoms with van der Waals surface area (Å²) in [6, 6.07) is 8.72. The molecule has 2 heterocycles. The van der Waals surface area contributed by atoms with E-state index in [0.29, 0.717) is 81.1 Å². The average Bonchev–Trinajstić information content (AvgIpc) is 3.46. The summed E-state index contributed by atoms with van der Waals surface area (Å²) in [5.41, 5.74) is 2.27. The van der Waals surface area contributed by atoms with Gasteiger partial charge in [0, 0.05) is 67.6 Å². The van der Waals surface area contributed by atoms with Crippen LogP contribution in [-0.4, -0.2) is 106 Å². The van der Waals surface area contributed by atoms with Gasteiger partial charge in [-0.3, -0.25) is 18.5 Å². The second-order valence-corrected chi connectivity index (χ2v) is 18.5. The average molecular weight is 828 g/mol. The van der Waals surface area contributed by atoms with Crippen molar-refractivity contribution in [1.29, 1.82) is 0 Å². The molecule has 0 aromatic heterocycles. The van der Waals surface area contributed by atoms with Crippen molar-refractivity contribution in [3.8, 4) is 0 Å². The van der Waals surface area contributed by atoms with Crippen LogP contribution >= 0.6 is 0 Å². The topological polar surface area (TPSA) is 225 Å². The van der Waals surface area contributed by atoms with Crippen LogP contribution < -0.4 is 4.90 Å². The Morgan fingerprint density at radius 1 is 0.836 bits per heavy atom. The van der Waals surface area contributed by atoms with Gasteiger partial charge in [0.15, 0.2) is 5.71 Å². The van der Waals surface area contributed by atoms with Crippen LogP contribution in [0.25, 0.3) is 0 Å². The fraction of sp³-hybridized carbons (Fsp3) is 0.514. The molecule has 0 saturated carbocycles. The lowest BCUT2D eigenvalue weighted by atomic mass is 9.75. The lowest BCUT2D eigenvalue weighted by Gasteiger charge is -2.30. The molecule has 15 nitrogen and oxygen atoms in total. The number of anilines is 1. The van der Waals surface area contributed by atoms with Crippen LogP contribution in [0.3, 0.4) is 0 Å². The van der Waals surface area contributed by atoms with Gasteiger partial charge in [0.05, 0.1) is 34.2 Å². The summed E-state index contributed by atoms with van der Waals surface area (Å²) in [5.74, 6) is -1.44. The van der Waals surface area contributed by atoms with Crippen molar-refractivity contribution in [2.45, 2.75) is 86.3 Å². The van der Waals surface area contributed by atoms with E-state index in [1.807, 2.05) is 48.5 Å². The molecule has 55 heavy (non-hydrogen) atoms. The molecule has 2 aliphatic rings. The molecular formula is C37H51N2O13S3+.